The van der Waals surface area contributed by atoms with Crippen LogP contribution in [0, 0.1) is 17.1 Å². The van der Waals surface area contributed by atoms with Gasteiger partial charge in [-0.25, -0.2) is 4.39 Å². The second-order valence-electron chi connectivity index (χ2n) is 4.65. The van der Waals surface area contributed by atoms with Crippen LogP contribution in [0.25, 0.3) is 0 Å². The van der Waals surface area contributed by atoms with Crippen molar-refractivity contribution in [3.63, 3.8) is 0 Å². The van der Waals surface area contributed by atoms with E-state index in [4.69, 9.17) is 31.1 Å². The van der Waals surface area contributed by atoms with Crippen LogP contribution in [0.4, 0.5) is 4.39 Å². The smallest absolute Gasteiger partial charge is 0.147 e. The van der Waals surface area contributed by atoms with Crippen LogP contribution < -0.4 is 4.74 Å². The molecule has 4 nitrogen and oxygen atoms in total. The van der Waals surface area contributed by atoms with Gasteiger partial charge in [-0.15, -0.1) is 0 Å². The molecule has 0 amide bonds. The Morgan fingerprint density at radius 3 is 2.61 bits per heavy atom. The molecule has 0 radical (unpaired) electrons. The van der Waals surface area contributed by atoms with Gasteiger partial charge in [0.1, 0.15) is 42.7 Å². The molecule has 6 heteroatoms. The molecule has 0 saturated carbocycles. The highest BCUT2D eigenvalue weighted by atomic mass is 35.5. The van der Waals surface area contributed by atoms with E-state index >= 15 is 0 Å². The molecule has 0 spiro atoms. The fourth-order valence-corrected chi connectivity index (χ4v) is 2.09. The summed E-state index contributed by atoms with van der Waals surface area (Å²) in [6, 6.07) is 13.1. The van der Waals surface area contributed by atoms with Crippen molar-refractivity contribution in [2.24, 2.45) is 0 Å². The molecule has 0 heterocycles. The average molecular weight is 336 g/mol. The number of ether oxygens (including phenoxy) is 3. The third-order valence-electron chi connectivity index (χ3n) is 3.11. The zero-order valence-corrected chi connectivity index (χ0v) is 13.2. The molecule has 0 aliphatic rings. The standard InChI is InChI=1S/C17H15ClFNO3/c1-21-11-23-17(12-5-7-13(18)8-6-12)10-22-16-4-2-3-15(19)14(16)9-20/h2-8,17H,10-11H2,1H3. The predicted molar refractivity (Wildman–Crippen MR) is 83.8 cm³/mol. The van der Waals surface area contributed by atoms with E-state index in [1.54, 1.807) is 18.2 Å². The van der Waals surface area contributed by atoms with Gasteiger partial charge in [0.25, 0.3) is 0 Å². The highest BCUT2D eigenvalue weighted by Gasteiger charge is 2.16. The summed E-state index contributed by atoms with van der Waals surface area (Å²) < 4.78 is 29.6. The summed E-state index contributed by atoms with van der Waals surface area (Å²) in [5.74, 6) is -0.446. The van der Waals surface area contributed by atoms with Crippen molar-refractivity contribution in [1.82, 2.24) is 0 Å². The Kier molecular flexibility index (Phi) is 6.36. The Hall–Kier alpha value is -2.13. The monoisotopic (exact) mass is 335 g/mol. The number of halogens is 2. The quantitative estimate of drug-likeness (QED) is 0.715. The molecule has 120 valence electrons. The molecule has 0 N–H and O–H groups in total. The van der Waals surface area contributed by atoms with Crippen LogP contribution in [-0.4, -0.2) is 20.5 Å². The molecule has 2 aromatic rings. The van der Waals surface area contributed by atoms with Gasteiger partial charge in [-0.2, -0.15) is 5.26 Å². The topological polar surface area (TPSA) is 51.5 Å². The maximum atomic E-state index is 13.6. The molecule has 0 aromatic heterocycles. The molecule has 1 unspecified atom stereocenters. The van der Waals surface area contributed by atoms with Gasteiger partial charge in [0.05, 0.1) is 0 Å². The minimum absolute atomic E-state index is 0.0743. The minimum atomic E-state index is -0.620. The summed E-state index contributed by atoms with van der Waals surface area (Å²) in [7, 11) is 1.51. The first-order valence-corrected chi connectivity index (χ1v) is 7.21. The van der Waals surface area contributed by atoms with Gasteiger partial charge in [0.15, 0.2) is 0 Å². The first-order chi connectivity index (χ1) is 11.2. The van der Waals surface area contributed by atoms with Gasteiger partial charge in [-0.3, -0.25) is 0 Å². The normalized spacial score (nSPS) is 11.7. The maximum absolute atomic E-state index is 13.6. The van der Waals surface area contributed by atoms with Gasteiger partial charge >= 0.3 is 0 Å². The third-order valence-corrected chi connectivity index (χ3v) is 3.36. The summed E-state index contributed by atoms with van der Waals surface area (Å²) in [6.07, 6.45) is -0.443. The lowest BCUT2D eigenvalue weighted by atomic mass is 10.1. The van der Waals surface area contributed by atoms with Gasteiger partial charge in [-0.1, -0.05) is 29.8 Å². The van der Waals surface area contributed by atoms with Gasteiger partial charge in [0.2, 0.25) is 0 Å². The third kappa shape index (κ3) is 4.67. The van der Waals surface area contributed by atoms with E-state index in [-0.39, 0.29) is 24.7 Å². The van der Waals surface area contributed by atoms with Crippen molar-refractivity contribution in [2.45, 2.75) is 6.10 Å². The number of rotatable bonds is 7. The zero-order valence-electron chi connectivity index (χ0n) is 12.5. The van der Waals surface area contributed by atoms with Crippen LogP contribution >= 0.6 is 11.6 Å². The molecule has 2 aromatic carbocycles. The Labute approximate surface area is 139 Å². The Balaban J connectivity index is 2.14. The number of methoxy groups -OCH3 is 1. The van der Waals surface area contributed by atoms with Crippen LogP contribution in [0.2, 0.25) is 5.02 Å². The molecule has 0 fully saturated rings. The number of nitriles is 1. The largest absolute Gasteiger partial charge is 0.489 e. The van der Waals surface area contributed by atoms with Gasteiger partial charge < -0.3 is 14.2 Å². The summed E-state index contributed by atoms with van der Waals surface area (Å²) in [6.45, 7) is 0.175. The first kappa shape index (κ1) is 17.2. The lowest BCUT2D eigenvalue weighted by Gasteiger charge is -2.19. The van der Waals surface area contributed by atoms with E-state index in [1.807, 2.05) is 12.1 Å². The SMILES string of the molecule is COCOC(COc1cccc(F)c1C#N)c1ccc(Cl)cc1. The summed E-state index contributed by atoms with van der Waals surface area (Å²) in [4.78, 5) is 0. The van der Waals surface area contributed by atoms with Crippen molar-refractivity contribution in [3.8, 4) is 11.8 Å². The fourth-order valence-electron chi connectivity index (χ4n) is 1.97. The van der Waals surface area contributed by atoms with E-state index in [2.05, 4.69) is 0 Å². The first-order valence-electron chi connectivity index (χ1n) is 6.83. The van der Waals surface area contributed by atoms with Crippen molar-refractivity contribution in [1.29, 1.82) is 5.26 Å². The average Bonchev–Trinajstić information content (AvgIpc) is 2.56. The van der Waals surface area contributed by atoms with Crippen molar-refractivity contribution < 1.29 is 18.6 Å². The van der Waals surface area contributed by atoms with Gasteiger partial charge in [-0.05, 0) is 29.8 Å². The molecular weight excluding hydrogens is 321 g/mol. The molecular formula is C17H15ClFNO3. The maximum Gasteiger partial charge on any atom is 0.147 e. The van der Waals surface area contributed by atoms with Gasteiger partial charge in [0, 0.05) is 12.1 Å². The van der Waals surface area contributed by atoms with Crippen LogP contribution in [0.1, 0.15) is 17.2 Å². The summed E-state index contributed by atoms with van der Waals surface area (Å²) in [5, 5.41) is 9.63. The molecule has 0 bridgehead atoms. The second kappa shape index (κ2) is 8.49. The predicted octanol–water partition coefficient (Wildman–Crippen LogP) is 4.09. The van der Waals surface area contributed by atoms with E-state index in [1.165, 1.54) is 25.3 Å². The summed E-state index contributed by atoms with van der Waals surface area (Å²) >= 11 is 5.88. The van der Waals surface area contributed by atoms with Crippen LogP contribution in [0.3, 0.4) is 0 Å². The van der Waals surface area contributed by atoms with Crippen LogP contribution in [0.15, 0.2) is 42.5 Å². The highest BCUT2D eigenvalue weighted by Crippen LogP contribution is 2.24. The van der Waals surface area contributed by atoms with E-state index < -0.39 is 11.9 Å². The highest BCUT2D eigenvalue weighted by molar-refractivity contribution is 6.30. The lowest BCUT2D eigenvalue weighted by molar-refractivity contribution is -0.0857. The van der Waals surface area contributed by atoms with Crippen molar-refractivity contribution >= 4 is 11.6 Å². The van der Waals surface area contributed by atoms with Crippen LogP contribution in [-0.2, 0) is 9.47 Å². The number of hydrogen-bond donors (Lipinski definition) is 0. The molecule has 23 heavy (non-hydrogen) atoms. The molecule has 0 saturated heterocycles. The minimum Gasteiger partial charge on any atom is -0.489 e. The molecule has 0 aliphatic carbocycles. The number of hydrogen-bond acceptors (Lipinski definition) is 4. The van der Waals surface area contributed by atoms with Crippen LogP contribution in [0.5, 0.6) is 5.75 Å². The van der Waals surface area contributed by atoms with E-state index in [9.17, 15) is 4.39 Å². The fraction of sp³-hybridized carbons (Fsp3) is 0.235. The second-order valence-corrected chi connectivity index (χ2v) is 5.09. The molecule has 0 aliphatic heterocycles. The van der Waals surface area contributed by atoms with Crippen molar-refractivity contribution in [2.75, 3.05) is 20.5 Å². The van der Waals surface area contributed by atoms with Crippen molar-refractivity contribution in [3.05, 3.63) is 64.4 Å². The summed E-state index contributed by atoms with van der Waals surface area (Å²) in [5.41, 5.74) is 0.704. The van der Waals surface area contributed by atoms with E-state index in [0.717, 1.165) is 5.56 Å². The van der Waals surface area contributed by atoms with E-state index in [0.29, 0.717) is 5.02 Å². The molecule has 1 atom stereocenters. The Morgan fingerprint density at radius 1 is 1.22 bits per heavy atom. The zero-order chi connectivity index (χ0) is 16.7. The Morgan fingerprint density at radius 2 is 1.96 bits per heavy atom. The Bertz CT molecular complexity index is 685. The number of benzene rings is 2. The lowest BCUT2D eigenvalue weighted by Crippen LogP contribution is -2.16. The molecule has 2 rings (SSSR count). The number of nitrogens with zero attached hydrogens (tertiary/aromatic N) is 1.